The Morgan fingerprint density at radius 1 is 1.08 bits per heavy atom. The Morgan fingerprint density at radius 2 is 1.85 bits per heavy atom. The zero-order valence-corrected chi connectivity index (χ0v) is 15.4. The van der Waals surface area contributed by atoms with Crippen LogP contribution in [0.5, 0.6) is 0 Å². The maximum absolute atomic E-state index is 5.67. The zero-order chi connectivity index (χ0) is 17.8. The van der Waals surface area contributed by atoms with Crippen molar-refractivity contribution in [1.29, 1.82) is 0 Å². The van der Waals surface area contributed by atoms with Crippen molar-refractivity contribution in [3.63, 3.8) is 0 Å². The average Bonchev–Trinajstić information content (AvgIpc) is 3.20. The molecular weight excluding hydrogens is 326 g/mol. The van der Waals surface area contributed by atoms with Gasteiger partial charge in [0.05, 0.1) is 6.10 Å². The third-order valence-corrected chi connectivity index (χ3v) is 5.08. The number of nitrogens with one attached hydrogen (secondary N) is 1. The first-order valence-corrected chi connectivity index (χ1v) is 9.54. The summed E-state index contributed by atoms with van der Waals surface area (Å²) in [5, 5.41) is 3.36. The van der Waals surface area contributed by atoms with Gasteiger partial charge in [-0.3, -0.25) is 0 Å². The Morgan fingerprint density at radius 3 is 2.58 bits per heavy atom. The van der Waals surface area contributed by atoms with Crippen LogP contribution in [0.4, 0.5) is 17.5 Å². The van der Waals surface area contributed by atoms with Crippen LogP contribution >= 0.6 is 0 Å². The number of aryl methyl sites for hydroxylation is 1. The van der Waals surface area contributed by atoms with Crippen molar-refractivity contribution in [3.8, 4) is 0 Å². The van der Waals surface area contributed by atoms with E-state index in [4.69, 9.17) is 9.72 Å². The van der Waals surface area contributed by atoms with Gasteiger partial charge < -0.3 is 19.9 Å². The van der Waals surface area contributed by atoms with E-state index in [1.807, 2.05) is 6.92 Å². The molecule has 3 heterocycles. The summed E-state index contributed by atoms with van der Waals surface area (Å²) in [6.45, 7) is 7.63. The molecule has 1 N–H and O–H groups in total. The molecular formula is C20H27N5O. The smallest absolute Gasteiger partial charge is 0.224 e. The Bertz CT molecular complexity index is 709. The second kappa shape index (κ2) is 7.91. The second-order valence-electron chi connectivity index (χ2n) is 7.02. The number of aromatic nitrogens is 2. The summed E-state index contributed by atoms with van der Waals surface area (Å²) < 4.78 is 5.67. The van der Waals surface area contributed by atoms with Gasteiger partial charge in [0.25, 0.3) is 0 Å². The third kappa shape index (κ3) is 4.07. The Labute approximate surface area is 155 Å². The van der Waals surface area contributed by atoms with Crippen molar-refractivity contribution in [2.24, 2.45) is 0 Å². The predicted molar refractivity (Wildman–Crippen MR) is 105 cm³/mol. The Kier molecular flexibility index (Phi) is 5.20. The van der Waals surface area contributed by atoms with E-state index < -0.39 is 0 Å². The van der Waals surface area contributed by atoms with E-state index in [9.17, 15) is 0 Å². The summed E-state index contributed by atoms with van der Waals surface area (Å²) in [6.07, 6.45) is 2.56. The van der Waals surface area contributed by atoms with Crippen molar-refractivity contribution in [3.05, 3.63) is 42.1 Å². The second-order valence-corrected chi connectivity index (χ2v) is 7.02. The molecule has 138 valence electrons. The first kappa shape index (κ1) is 17.1. The fourth-order valence-electron chi connectivity index (χ4n) is 3.64. The van der Waals surface area contributed by atoms with Gasteiger partial charge in [-0.1, -0.05) is 18.2 Å². The van der Waals surface area contributed by atoms with Crippen LogP contribution in [0.2, 0.25) is 0 Å². The lowest BCUT2D eigenvalue weighted by Gasteiger charge is -2.36. The van der Waals surface area contributed by atoms with Gasteiger partial charge in [0.2, 0.25) is 5.95 Å². The lowest BCUT2D eigenvalue weighted by Crippen LogP contribution is -2.46. The number of para-hydroxylation sites is 1. The molecule has 0 saturated carbocycles. The maximum Gasteiger partial charge on any atom is 0.224 e. The Balaban J connectivity index is 1.38. The lowest BCUT2D eigenvalue weighted by molar-refractivity contribution is 0.120. The molecule has 1 aromatic heterocycles. The van der Waals surface area contributed by atoms with Crippen LogP contribution in [0.25, 0.3) is 0 Å². The first-order chi connectivity index (χ1) is 12.8. The number of piperazine rings is 1. The molecule has 0 radical (unpaired) electrons. The van der Waals surface area contributed by atoms with Crippen molar-refractivity contribution in [2.75, 3.05) is 54.4 Å². The van der Waals surface area contributed by atoms with Gasteiger partial charge in [-0.15, -0.1) is 0 Å². The fraction of sp³-hybridized carbons (Fsp3) is 0.500. The normalized spacial score (nSPS) is 20.4. The van der Waals surface area contributed by atoms with Crippen LogP contribution in [0, 0.1) is 6.92 Å². The fourth-order valence-corrected chi connectivity index (χ4v) is 3.64. The van der Waals surface area contributed by atoms with E-state index in [1.165, 1.54) is 5.69 Å². The van der Waals surface area contributed by atoms with Crippen LogP contribution in [-0.2, 0) is 4.74 Å². The van der Waals surface area contributed by atoms with E-state index in [1.54, 1.807) is 0 Å². The molecule has 26 heavy (non-hydrogen) atoms. The SMILES string of the molecule is Cc1cc(N2CCN(c3ccccc3)CC2)nc(NCC2CCCO2)n1. The number of nitrogens with zero attached hydrogens (tertiary/aromatic N) is 4. The van der Waals surface area contributed by atoms with E-state index in [0.717, 1.165) is 63.7 Å². The molecule has 0 amide bonds. The molecule has 2 aliphatic heterocycles. The molecule has 1 aromatic carbocycles. The van der Waals surface area contributed by atoms with Crippen molar-refractivity contribution in [2.45, 2.75) is 25.9 Å². The van der Waals surface area contributed by atoms with Gasteiger partial charge in [-0.25, -0.2) is 4.98 Å². The minimum absolute atomic E-state index is 0.289. The molecule has 1 atom stereocenters. The Hall–Kier alpha value is -2.34. The maximum atomic E-state index is 5.67. The molecule has 2 fully saturated rings. The van der Waals surface area contributed by atoms with E-state index in [-0.39, 0.29) is 6.10 Å². The van der Waals surface area contributed by atoms with Crippen molar-refractivity contribution < 1.29 is 4.74 Å². The number of hydrogen-bond donors (Lipinski definition) is 1. The predicted octanol–water partition coefficient (Wildman–Crippen LogP) is 2.70. The van der Waals surface area contributed by atoms with Crippen molar-refractivity contribution >= 4 is 17.5 Å². The topological polar surface area (TPSA) is 53.5 Å². The van der Waals surface area contributed by atoms with Gasteiger partial charge in [0.15, 0.2) is 0 Å². The highest BCUT2D eigenvalue weighted by Crippen LogP contribution is 2.21. The number of hydrogen-bond acceptors (Lipinski definition) is 6. The molecule has 6 heteroatoms. The standard InChI is InChI=1S/C20H27N5O/c1-16-14-19(23-20(22-16)21-15-18-8-5-13-26-18)25-11-9-24(10-12-25)17-6-3-2-4-7-17/h2-4,6-7,14,18H,5,8-13,15H2,1H3,(H,21,22,23). The van der Waals surface area contributed by atoms with E-state index >= 15 is 0 Å². The van der Waals surface area contributed by atoms with Gasteiger partial charge in [0, 0.05) is 56.8 Å². The highest BCUT2D eigenvalue weighted by atomic mass is 16.5. The van der Waals surface area contributed by atoms with Crippen LogP contribution in [-0.4, -0.2) is 55.4 Å². The molecule has 4 rings (SSSR count). The molecule has 6 nitrogen and oxygen atoms in total. The monoisotopic (exact) mass is 353 g/mol. The highest BCUT2D eigenvalue weighted by Gasteiger charge is 2.20. The highest BCUT2D eigenvalue weighted by molar-refractivity contribution is 5.50. The summed E-state index contributed by atoms with van der Waals surface area (Å²) in [5.41, 5.74) is 2.29. The summed E-state index contributed by atoms with van der Waals surface area (Å²) in [5.74, 6) is 1.72. The largest absolute Gasteiger partial charge is 0.376 e. The molecule has 1 unspecified atom stereocenters. The molecule has 0 spiro atoms. The molecule has 0 aliphatic carbocycles. The van der Waals surface area contributed by atoms with Crippen LogP contribution in [0.15, 0.2) is 36.4 Å². The number of rotatable bonds is 5. The molecule has 2 aliphatic rings. The zero-order valence-electron chi connectivity index (χ0n) is 15.4. The number of ether oxygens (including phenoxy) is 1. The van der Waals surface area contributed by atoms with Gasteiger partial charge >= 0.3 is 0 Å². The van der Waals surface area contributed by atoms with Gasteiger partial charge in [-0.2, -0.15) is 4.98 Å². The van der Waals surface area contributed by atoms with Crippen LogP contribution < -0.4 is 15.1 Å². The quantitative estimate of drug-likeness (QED) is 0.892. The molecule has 2 saturated heterocycles. The molecule has 0 bridgehead atoms. The van der Waals surface area contributed by atoms with E-state index in [2.05, 4.69) is 56.5 Å². The number of anilines is 3. The summed E-state index contributed by atoms with van der Waals surface area (Å²) in [7, 11) is 0. The average molecular weight is 353 g/mol. The van der Waals surface area contributed by atoms with E-state index in [0.29, 0.717) is 5.95 Å². The first-order valence-electron chi connectivity index (χ1n) is 9.54. The number of benzene rings is 1. The van der Waals surface area contributed by atoms with Gasteiger partial charge in [-0.05, 0) is 31.9 Å². The van der Waals surface area contributed by atoms with Crippen LogP contribution in [0.3, 0.4) is 0 Å². The third-order valence-electron chi connectivity index (χ3n) is 5.08. The van der Waals surface area contributed by atoms with Crippen LogP contribution in [0.1, 0.15) is 18.5 Å². The summed E-state index contributed by atoms with van der Waals surface area (Å²) in [4.78, 5) is 14.1. The lowest BCUT2D eigenvalue weighted by atomic mass is 10.2. The summed E-state index contributed by atoms with van der Waals surface area (Å²) in [6, 6.07) is 12.7. The minimum atomic E-state index is 0.289. The van der Waals surface area contributed by atoms with Crippen molar-refractivity contribution in [1.82, 2.24) is 9.97 Å². The minimum Gasteiger partial charge on any atom is -0.376 e. The van der Waals surface area contributed by atoms with Gasteiger partial charge in [0.1, 0.15) is 5.82 Å². The summed E-state index contributed by atoms with van der Waals surface area (Å²) >= 11 is 0. The molecule has 2 aromatic rings.